The Balaban J connectivity index is 1.61. The number of halogens is 4. The van der Waals surface area contributed by atoms with Crippen molar-refractivity contribution in [2.75, 3.05) is 0 Å². The van der Waals surface area contributed by atoms with Crippen LogP contribution in [0.3, 0.4) is 0 Å². The third-order valence-corrected chi connectivity index (χ3v) is 5.24. The fourth-order valence-corrected chi connectivity index (χ4v) is 3.65. The molecule has 1 aromatic carbocycles. The molecular formula is C20H16ClF3N4O. The van der Waals surface area contributed by atoms with Gasteiger partial charge in [-0.15, -0.1) is 0 Å². The minimum atomic E-state index is -0.692. The summed E-state index contributed by atoms with van der Waals surface area (Å²) in [6.45, 7) is 2.52. The van der Waals surface area contributed by atoms with Crippen LogP contribution in [0.1, 0.15) is 18.3 Å². The maximum atomic E-state index is 14.3. The Morgan fingerprint density at radius 2 is 1.97 bits per heavy atom. The van der Waals surface area contributed by atoms with Crippen LogP contribution in [0.2, 0.25) is 5.15 Å². The molecule has 2 aromatic heterocycles. The molecule has 1 aliphatic rings. The second-order valence-electron chi connectivity index (χ2n) is 6.93. The molecule has 0 radical (unpaired) electrons. The number of pyridine rings is 1. The second kappa shape index (κ2) is 7.51. The molecule has 9 heteroatoms. The van der Waals surface area contributed by atoms with Crippen molar-refractivity contribution in [3.8, 4) is 11.1 Å². The predicted molar refractivity (Wildman–Crippen MR) is 101 cm³/mol. The van der Waals surface area contributed by atoms with Crippen LogP contribution in [0.5, 0.6) is 0 Å². The summed E-state index contributed by atoms with van der Waals surface area (Å²) in [4.78, 5) is 18.4. The third kappa shape index (κ3) is 3.72. The molecule has 3 heterocycles. The Labute approximate surface area is 169 Å². The summed E-state index contributed by atoms with van der Waals surface area (Å²) in [6, 6.07) is 5.78. The molecule has 0 saturated carbocycles. The van der Waals surface area contributed by atoms with Gasteiger partial charge >= 0.3 is 0 Å². The van der Waals surface area contributed by atoms with Crippen molar-refractivity contribution in [2.24, 2.45) is 0 Å². The van der Waals surface area contributed by atoms with Gasteiger partial charge in [0.1, 0.15) is 11.6 Å². The van der Waals surface area contributed by atoms with Gasteiger partial charge < -0.3 is 4.90 Å². The number of benzene rings is 1. The van der Waals surface area contributed by atoms with Gasteiger partial charge in [0.05, 0.1) is 37.1 Å². The molecule has 3 aromatic rings. The van der Waals surface area contributed by atoms with E-state index >= 15 is 0 Å². The Hall–Kier alpha value is -2.87. The molecule has 1 unspecified atom stereocenters. The number of hydrogen-bond acceptors (Lipinski definition) is 3. The third-order valence-electron chi connectivity index (χ3n) is 4.97. The summed E-state index contributed by atoms with van der Waals surface area (Å²) in [5.41, 5.74) is 1.75. The Bertz CT molecular complexity index is 1100. The van der Waals surface area contributed by atoms with E-state index in [9.17, 15) is 18.0 Å². The molecule has 0 spiro atoms. The zero-order valence-electron chi connectivity index (χ0n) is 15.4. The molecule has 29 heavy (non-hydrogen) atoms. The monoisotopic (exact) mass is 420 g/mol. The van der Waals surface area contributed by atoms with Crippen molar-refractivity contribution >= 4 is 17.5 Å². The molecule has 0 N–H and O–H groups in total. The van der Waals surface area contributed by atoms with Crippen LogP contribution in [-0.2, 0) is 24.3 Å². The largest absolute Gasteiger partial charge is 0.332 e. The summed E-state index contributed by atoms with van der Waals surface area (Å²) < 4.78 is 42.5. The van der Waals surface area contributed by atoms with Crippen LogP contribution >= 0.6 is 11.6 Å². The van der Waals surface area contributed by atoms with Crippen LogP contribution in [0.15, 0.2) is 36.5 Å². The van der Waals surface area contributed by atoms with E-state index in [-0.39, 0.29) is 35.6 Å². The lowest BCUT2D eigenvalue weighted by Crippen LogP contribution is -2.45. The molecule has 0 bridgehead atoms. The summed E-state index contributed by atoms with van der Waals surface area (Å²) in [7, 11) is 0. The minimum absolute atomic E-state index is 0.0429. The quantitative estimate of drug-likeness (QED) is 0.602. The molecule has 0 aliphatic carbocycles. The topological polar surface area (TPSA) is 51.0 Å². The van der Waals surface area contributed by atoms with E-state index < -0.39 is 17.5 Å². The van der Waals surface area contributed by atoms with E-state index in [1.54, 1.807) is 9.58 Å². The lowest BCUT2D eigenvalue weighted by molar-refractivity contribution is -0.134. The van der Waals surface area contributed by atoms with Crippen molar-refractivity contribution in [1.82, 2.24) is 19.7 Å². The van der Waals surface area contributed by atoms with E-state index in [0.717, 1.165) is 6.07 Å². The first-order valence-electron chi connectivity index (χ1n) is 8.94. The van der Waals surface area contributed by atoms with Gasteiger partial charge in [0.25, 0.3) is 0 Å². The second-order valence-corrected chi connectivity index (χ2v) is 7.29. The number of nitrogens with zero attached hydrogens (tertiary/aromatic N) is 4. The van der Waals surface area contributed by atoms with E-state index in [4.69, 9.17) is 11.6 Å². The minimum Gasteiger partial charge on any atom is -0.332 e. The molecule has 0 fully saturated rings. The highest BCUT2D eigenvalue weighted by molar-refractivity contribution is 6.29. The molecule has 0 saturated heterocycles. The molecule has 150 valence electrons. The van der Waals surface area contributed by atoms with Crippen molar-refractivity contribution in [1.29, 1.82) is 0 Å². The standard InChI is InChI=1S/C20H16ClF3N4O/c1-11-9-28-18(15(8-25-28)14-4-2-12(22)6-17(14)24)10-27(11)19(29)7-13-3-5-16(23)20(21)26-13/h2-6,8,11H,7,9-10H2,1H3. The highest BCUT2D eigenvalue weighted by Gasteiger charge is 2.30. The maximum absolute atomic E-state index is 14.3. The van der Waals surface area contributed by atoms with Gasteiger partial charge in [-0.1, -0.05) is 11.6 Å². The maximum Gasteiger partial charge on any atom is 0.229 e. The zero-order chi connectivity index (χ0) is 20.7. The average molecular weight is 421 g/mol. The van der Waals surface area contributed by atoms with Crippen molar-refractivity contribution < 1.29 is 18.0 Å². The normalized spacial score (nSPS) is 16.0. The highest BCUT2D eigenvalue weighted by Crippen LogP contribution is 2.31. The molecule has 1 aliphatic heterocycles. The summed E-state index contributed by atoms with van der Waals surface area (Å²) in [6.07, 6.45) is 1.48. The highest BCUT2D eigenvalue weighted by atomic mass is 35.5. The number of fused-ring (bicyclic) bond motifs is 1. The van der Waals surface area contributed by atoms with Crippen molar-refractivity contribution in [2.45, 2.75) is 32.5 Å². The Morgan fingerprint density at radius 1 is 1.17 bits per heavy atom. The smallest absolute Gasteiger partial charge is 0.229 e. The summed E-state index contributed by atoms with van der Waals surface area (Å²) in [5.74, 6) is -2.22. The molecule has 1 amide bonds. The van der Waals surface area contributed by atoms with Gasteiger partial charge in [-0.3, -0.25) is 9.48 Å². The summed E-state index contributed by atoms with van der Waals surface area (Å²) in [5, 5.41) is 4.01. The van der Waals surface area contributed by atoms with Gasteiger partial charge in [-0.25, -0.2) is 18.2 Å². The van der Waals surface area contributed by atoms with Crippen LogP contribution in [0.25, 0.3) is 11.1 Å². The Kier molecular flexibility index (Phi) is 5.04. The number of hydrogen-bond donors (Lipinski definition) is 0. The van der Waals surface area contributed by atoms with Crippen LogP contribution in [-0.4, -0.2) is 31.6 Å². The number of amides is 1. The number of aromatic nitrogens is 3. The molecule has 1 atom stereocenters. The average Bonchev–Trinajstić information content (AvgIpc) is 3.06. The first-order valence-corrected chi connectivity index (χ1v) is 9.31. The van der Waals surface area contributed by atoms with Gasteiger partial charge in [0.2, 0.25) is 5.91 Å². The SMILES string of the molecule is CC1Cn2ncc(-c3ccc(F)cc3F)c2CN1C(=O)Cc1ccc(F)c(Cl)n1. The van der Waals surface area contributed by atoms with E-state index in [1.165, 1.54) is 30.5 Å². The van der Waals surface area contributed by atoms with Crippen molar-refractivity contribution in [3.63, 3.8) is 0 Å². The summed E-state index contributed by atoms with van der Waals surface area (Å²) >= 11 is 5.69. The molecule has 5 nitrogen and oxygen atoms in total. The Morgan fingerprint density at radius 3 is 2.69 bits per heavy atom. The van der Waals surface area contributed by atoms with Gasteiger partial charge in [0, 0.05) is 23.2 Å². The van der Waals surface area contributed by atoms with E-state index in [0.29, 0.717) is 23.5 Å². The lowest BCUT2D eigenvalue weighted by Gasteiger charge is -2.34. The van der Waals surface area contributed by atoms with Gasteiger partial charge in [-0.2, -0.15) is 5.10 Å². The van der Waals surface area contributed by atoms with Gasteiger partial charge in [-0.05, 0) is 31.2 Å². The first-order chi connectivity index (χ1) is 13.8. The van der Waals surface area contributed by atoms with Gasteiger partial charge in [0.15, 0.2) is 11.0 Å². The van der Waals surface area contributed by atoms with Crippen LogP contribution in [0.4, 0.5) is 13.2 Å². The molecular weight excluding hydrogens is 405 g/mol. The lowest BCUT2D eigenvalue weighted by atomic mass is 10.0. The van der Waals surface area contributed by atoms with E-state index in [1.807, 2.05) is 6.92 Å². The van der Waals surface area contributed by atoms with Crippen LogP contribution in [0, 0.1) is 17.5 Å². The van der Waals surface area contributed by atoms with E-state index in [2.05, 4.69) is 10.1 Å². The van der Waals surface area contributed by atoms with Crippen LogP contribution < -0.4 is 0 Å². The molecule has 4 rings (SSSR count). The number of carbonyl (C=O) groups excluding carboxylic acids is 1. The first kappa shape index (κ1) is 19.4. The predicted octanol–water partition coefficient (Wildman–Crippen LogP) is 3.99. The van der Waals surface area contributed by atoms with Crippen molar-refractivity contribution in [3.05, 3.63) is 70.5 Å². The fourth-order valence-electron chi connectivity index (χ4n) is 3.48. The zero-order valence-corrected chi connectivity index (χ0v) is 16.1. The fraction of sp³-hybridized carbons (Fsp3) is 0.250. The number of carbonyl (C=O) groups is 1. The number of rotatable bonds is 3.